The van der Waals surface area contributed by atoms with Crippen molar-refractivity contribution >= 4 is 32.5 Å². The molecule has 0 bridgehead atoms. The number of thiazole rings is 1. The fourth-order valence-electron chi connectivity index (χ4n) is 4.08. The molecule has 5 rings (SSSR count). The summed E-state index contributed by atoms with van der Waals surface area (Å²) in [5.74, 6) is 1.65. The molecule has 4 heterocycles. The van der Waals surface area contributed by atoms with Crippen molar-refractivity contribution < 1.29 is 4.39 Å². The second kappa shape index (κ2) is 5.92. The largest absolute Gasteiger partial charge is 0.355 e. The first kappa shape index (κ1) is 15.5. The zero-order valence-corrected chi connectivity index (χ0v) is 14.8. The van der Waals surface area contributed by atoms with E-state index in [9.17, 15) is 9.65 Å². The summed E-state index contributed by atoms with van der Waals surface area (Å²) < 4.78 is 14.3. The highest BCUT2D eigenvalue weighted by atomic mass is 32.1. The minimum atomic E-state index is -0.217. The van der Waals surface area contributed by atoms with Gasteiger partial charge >= 0.3 is 0 Å². The van der Waals surface area contributed by atoms with Gasteiger partial charge in [0.1, 0.15) is 17.7 Å². The van der Waals surface area contributed by atoms with Gasteiger partial charge in [0, 0.05) is 44.2 Å². The van der Waals surface area contributed by atoms with Crippen molar-refractivity contribution in [2.45, 2.75) is 0 Å². The number of nitrogens with zero attached hydrogens (tertiary/aromatic N) is 5. The Balaban J connectivity index is 1.34. The number of fused-ring (bicyclic) bond motifs is 2. The van der Waals surface area contributed by atoms with Gasteiger partial charge in [-0.3, -0.25) is 0 Å². The first-order valence-electron chi connectivity index (χ1n) is 8.62. The molecule has 0 spiro atoms. The third kappa shape index (κ3) is 2.49. The Hall–Kier alpha value is -2.72. The molecule has 5 nitrogen and oxygen atoms in total. The first-order valence-corrected chi connectivity index (χ1v) is 9.44. The maximum Gasteiger partial charge on any atom is 0.186 e. The highest BCUT2D eigenvalue weighted by Gasteiger charge is 2.41. The normalized spacial score (nSPS) is 22.0. The highest BCUT2D eigenvalue weighted by Crippen LogP contribution is 2.38. The van der Waals surface area contributed by atoms with Crippen LogP contribution in [-0.4, -0.2) is 36.1 Å². The zero-order valence-electron chi connectivity index (χ0n) is 14.0. The Morgan fingerprint density at radius 2 is 1.88 bits per heavy atom. The number of hydrogen-bond acceptors (Lipinski definition) is 6. The number of benzene rings is 1. The zero-order chi connectivity index (χ0) is 17.7. The molecule has 26 heavy (non-hydrogen) atoms. The fraction of sp³-hybridized carbons (Fsp3) is 0.316. The predicted molar refractivity (Wildman–Crippen MR) is 99.9 cm³/mol. The van der Waals surface area contributed by atoms with E-state index in [1.54, 1.807) is 35.7 Å². The van der Waals surface area contributed by atoms with Gasteiger partial charge in [-0.25, -0.2) is 14.4 Å². The van der Waals surface area contributed by atoms with Gasteiger partial charge in [-0.1, -0.05) is 11.3 Å². The van der Waals surface area contributed by atoms with Crippen LogP contribution in [0.4, 0.5) is 15.3 Å². The Kier molecular flexibility index (Phi) is 3.54. The van der Waals surface area contributed by atoms with Crippen LogP contribution in [0.25, 0.3) is 10.2 Å². The van der Waals surface area contributed by atoms with E-state index < -0.39 is 0 Å². The molecular weight excluding hydrogens is 349 g/mol. The van der Waals surface area contributed by atoms with Gasteiger partial charge in [0.2, 0.25) is 0 Å². The summed E-state index contributed by atoms with van der Waals surface area (Å²) in [6.45, 7) is 3.70. The molecule has 2 saturated heterocycles. The van der Waals surface area contributed by atoms with E-state index in [1.165, 1.54) is 6.07 Å². The lowest BCUT2D eigenvalue weighted by Gasteiger charge is -2.22. The standard InChI is InChI=1S/C19H16FN5S/c20-15-3-4-16-17(6-15)26-19(23-16)25-10-13-8-24(9-14(13)11-25)18-12(7-21)2-1-5-22-18/h1-6,13-14H,8-11H2. The molecular formula is C19H16FN5S. The van der Waals surface area contributed by atoms with E-state index >= 15 is 0 Å². The summed E-state index contributed by atoms with van der Waals surface area (Å²) in [6.07, 6.45) is 1.75. The molecule has 0 radical (unpaired) electrons. The average molecular weight is 365 g/mol. The number of aromatic nitrogens is 2. The van der Waals surface area contributed by atoms with Crippen LogP contribution in [0.1, 0.15) is 5.56 Å². The van der Waals surface area contributed by atoms with Crippen LogP contribution in [0.3, 0.4) is 0 Å². The van der Waals surface area contributed by atoms with E-state index in [0.29, 0.717) is 17.4 Å². The lowest BCUT2D eigenvalue weighted by molar-refractivity contribution is 0.533. The summed E-state index contributed by atoms with van der Waals surface area (Å²) in [4.78, 5) is 13.6. The number of rotatable bonds is 2. The third-order valence-electron chi connectivity index (χ3n) is 5.30. The molecule has 0 saturated carbocycles. The van der Waals surface area contributed by atoms with Gasteiger partial charge in [0.25, 0.3) is 0 Å². The summed E-state index contributed by atoms with van der Waals surface area (Å²) >= 11 is 1.56. The van der Waals surface area contributed by atoms with Crippen molar-refractivity contribution in [3.05, 3.63) is 47.9 Å². The van der Waals surface area contributed by atoms with Crippen LogP contribution < -0.4 is 9.80 Å². The average Bonchev–Trinajstić information content (AvgIpc) is 3.33. The Labute approximate surface area is 154 Å². The summed E-state index contributed by atoms with van der Waals surface area (Å²) in [7, 11) is 0. The van der Waals surface area contributed by atoms with Gasteiger partial charge in [-0.05, 0) is 30.3 Å². The van der Waals surface area contributed by atoms with Gasteiger partial charge < -0.3 is 9.80 Å². The second-order valence-corrected chi connectivity index (χ2v) is 7.93. The van der Waals surface area contributed by atoms with Crippen LogP contribution >= 0.6 is 11.3 Å². The number of anilines is 2. The van der Waals surface area contributed by atoms with E-state index in [1.807, 2.05) is 6.07 Å². The molecule has 0 aliphatic carbocycles. The van der Waals surface area contributed by atoms with Crippen LogP contribution in [0.2, 0.25) is 0 Å². The van der Waals surface area contributed by atoms with Gasteiger partial charge in [-0.15, -0.1) is 0 Å². The summed E-state index contributed by atoms with van der Waals surface area (Å²) in [5, 5.41) is 10.3. The molecule has 3 aromatic rings. The van der Waals surface area contributed by atoms with E-state index in [0.717, 1.165) is 47.3 Å². The van der Waals surface area contributed by atoms with Crippen molar-refractivity contribution in [2.24, 2.45) is 11.8 Å². The van der Waals surface area contributed by atoms with Gasteiger partial charge in [0.05, 0.1) is 15.8 Å². The van der Waals surface area contributed by atoms with Crippen molar-refractivity contribution in [2.75, 3.05) is 36.0 Å². The van der Waals surface area contributed by atoms with Crippen molar-refractivity contribution in [1.29, 1.82) is 5.26 Å². The third-order valence-corrected chi connectivity index (χ3v) is 6.38. The van der Waals surface area contributed by atoms with Crippen molar-refractivity contribution in [1.82, 2.24) is 9.97 Å². The van der Waals surface area contributed by atoms with Crippen LogP contribution in [0, 0.1) is 29.0 Å². The molecule has 2 atom stereocenters. The molecule has 0 N–H and O–H groups in total. The Bertz CT molecular complexity index is 1010. The lowest BCUT2D eigenvalue weighted by atomic mass is 10.0. The Morgan fingerprint density at radius 3 is 2.65 bits per heavy atom. The Morgan fingerprint density at radius 1 is 1.12 bits per heavy atom. The smallest absolute Gasteiger partial charge is 0.186 e. The molecule has 0 amide bonds. The maximum atomic E-state index is 13.4. The SMILES string of the molecule is N#Cc1cccnc1N1CC2CN(c3nc4ccc(F)cc4s3)CC2C1. The molecule has 2 aliphatic rings. The van der Waals surface area contributed by atoms with Crippen LogP contribution in [-0.2, 0) is 0 Å². The number of halogens is 1. The van der Waals surface area contributed by atoms with E-state index in [4.69, 9.17) is 0 Å². The molecule has 2 aliphatic heterocycles. The molecule has 2 aromatic heterocycles. The van der Waals surface area contributed by atoms with Crippen molar-refractivity contribution in [3.63, 3.8) is 0 Å². The first-order chi connectivity index (χ1) is 12.7. The van der Waals surface area contributed by atoms with E-state index in [2.05, 4.69) is 25.8 Å². The summed E-state index contributed by atoms with van der Waals surface area (Å²) in [5.41, 5.74) is 1.50. The number of hydrogen-bond donors (Lipinski definition) is 0. The van der Waals surface area contributed by atoms with Gasteiger partial charge in [-0.2, -0.15) is 5.26 Å². The minimum absolute atomic E-state index is 0.217. The van der Waals surface area contributed by atoms with Crippen LogP contribution in [0.5, 0.6) is 0 Å². The molecule has 2 unspecified atom stereocenters. The minimum Gasteiger partial charge on any atom is -0.355 e. The monoisotopic (exact) mass is 365 g/mol. The second-order valence-electron chi connectivity index (χ2n) is 6.92. The lowest BCUT2D eigenvalue weighted by Crippen LogP contribution is -2.29. The van der Waals surface area contributed by atoms with Crippen LogP contribution in [0.15, 0.2) is 36.5 Å². The fourth-order valence-corrected chi connectivity index (χ4v) is 5.09. The quantitative estimate of drug-likeness (QED) is 0.698. The van der Waals surface area contributed by atoms with E-state index in [-0.39, 0.29) is 5.82 Å². The summed E-state index contributed by atoms with van der Waals surface area (Å²) in [6, 6.07) is 10.6. The molecule has 7 heteroatoms. The molecule has 1 aromatic carbocycles. The van der Waals surface area contributed by atoms with Crippen molar-refractivity contribution in [3.8, 4) is 6.07 Å². The van der Waals surface area contributed by atoms with Gasteiger partial charge in [0.15, 0.2) is 5.13 Å². The molecule has 130 valence electrons. The topological polar surface area (TPSA) is 56.1 Å². The number of nitriles is 1. The predicted octanol–water partition coefficient (Wildman–Crippen LogP) is 3.27. The molecule has 2 fully saturated rings. The number of pyridine rings is 1. The highest BCUT2D eigenvalue weighted by molar-refractivity contribution is 7.22. The maximum absolute atomic E-state index is 13.4.